The van der Waals surface area contributed by atoms with E-state index in [0.717, 1.165) is 12.8 Å². The van der Waals surface area contributed by atoms with Crippen molar-refractivity contribution in [3.05, 3.63) is 0 Å². The van der Waals surface area contributed by atoms with Crippen LogP contribution in [0.3, 0.4) is 0 Å². The van der Waals surface area contributed by atoms with Crippen molar-refractivity contribution in [2.45, 2.75) is 43.7 Å². The zero-order chi connectivity index (χ0) is 16.2. The Kier molecular flexibility index (Phi) is 3.11. The second-order valence-electron chi connectivity index (χ2n) is 6.99. The second kappa shape index (κ2) is 4.94. The number of urea groups is 1. The van der Waals surface area contributed by atoms with Crippen molar-refractivity contribution in [3.8, 4) is 0 Å². The molecule has 4 aliphatic rings. The molecule has 1 aliphatic carbocycles. The van der Waals surface area contributed by atoms with E-state index in [9.17, 15) is 19.2 Å². The van der Waals surface area contributed by atoms with E-state index in [1.165, 1.54) is 0 Å². The first-order valence-corrected chi connectivity index (χ1v) is 8.20. The van der Waals surface area contributed by atoms with Crippen LogP contribution in [0.15, 0.2) is 0 Å². The number of nitrogens with zero attached hydrogens (tertiary/aromatic N) is 2. The Morgan fingerprint density at radius 1 is 1.13 bits per heavy atom. The van der Waals surface area contributed by atoms with Crippen LogP contribution in [-0.4, -0.2) is 64.8 Å². The zero-order valence-corrected chi connectivity index (χ0v) is 12.8. The molecule has 3 aliphatic heterocycles. The lowest BCUT2D eigenvalue weighted by molar-refractivity contribution is -0.139. The van der Waals surface area contributed by atoms with E-state index in [-0.39, 0.29) is 23.6 Å². The van der Waals surface area contributed by atoms with Gasteiger partial charge in [-0.3, -0.25) is 19.7 Å². The third kappa shape index (κ3) is 2.36. The summed E-state index contributed by atoms with van der Waals surface area (Å²) in [6, 6.07) is -0.112. The van der Waals surface area contributed by atoms with Crippen molar-refractivity contribution >= 4 is 23.8 Å². The van der Waals surface area contributed by atoms with Gasteiger partial charge in [0.2, 0.25) is 11.8 Å². The summed E-state index contributed by atoms with van der Waals surface area (Å²) in [6.07, 6.45) is 3.24. The van der Waals surface area contributed by atoms with Gasteiger partial charge in [0.1, 0.15) is 5.54 Å². The molecule has 3 saturated heterocycles. The van der Waals surface area contributed by atoms with Crippen LogP contribution in [0.2, 0.25) is 0 Å². The van der Waals surface area contributed by atoms with Crippen molar-refractivity contribution in [2.24, 2.45) is 5.92 Å². The number of imide groups is 1. The quantitative estimate of drug-likeness (QED) is 0.651. The van der Waals surface area contributed by atoms with Crippen LogP contribution in [0.1, 0.15) is 32.1 Å². The molecule has 0 aromatic carbocycles. The minimum atomic E-state index is -0.862. The van der Waals surface area contributed by atoms with Crippen LogP contribution < -0.4 is 10.6 Å². The van der Waals surface area contributed by atoms with Crippen molar-refractivity contribution in [3.63, 3.8) is 0 Å². The van der Waals surface area contributed by atoms with E-state index in [2.05, 4.69) is 10.6 Å². The summed E-state index contributed by atoms with van der Waals surface area (Å²) < 4.78 is 0. The molecule has 8 heteroatoms. The first-order valence-electron chi connectivity index (χ1n) is 8.20. The van der Waals surface area contributed by atoms with E-state index >= 15 is 0 Å². The molecule has 2 N–H and O–H groups in total. The van der Waals surface area contributed by atoms with E-state index in [0.29, 0.717) is 44.9 Å². The molecule has 3 heterocycles. The molecule has 0 radical (unpaired) electrons. The van der Waals surface area contributed by atoms with Crippen LogP contribution in [0, 0.1) is 5.92 Å². The largest absolute Gasteiger partial charge is 0.342 e. The number of carbonyl (C=O) groups is 4. The van der Waals surface area contributed by atoms with Gasteiger partial charge in [-0.25, -0.2) is 4.79 Å². The van der Waals surface area contributed by atoms with Crippen LogP contribution in [0.25, 0.3) is 0 Å². The monoisotopic (exact) mass is 320 g/mol. The van der Waals surface area contributed by atoms with E-state index in [4.69, 9.17) is 0 Å². The number of likely N-dealkylation sites (tertiary alicyclic amines) is 2. The standard InChI is InChI=1S/C15H20N4O4/c20-11-7-9(8-19(11)10-1-2-10)12(21)18-5-3-15(4-6-18)13(22)16-14(23)17-15/h9-10H,1-8H2,(H2,16,17,22,23)/t9-/m1/s1. The Hall–Kier alpha value is -2.12. The van der Waals surface area contributed by atoms with Crippen molar-refractivity contribution in [2.75, 3.05) is 19.6 Å². The van der Waals surface area contributed by atoms with E-state index in [1.807, 2.05) is 4.90 Å². The fraction of sp³-hybridized carbons (Fsp3) is 0.733. The molecular formula is C15H20N4O4. The Morgan fingerprint density at radius 3 is 2.39 bits per heavy atom. The molecule has 0 unspecified atom stereocenters. The average Bonchev–Trinajstić information content (AvgIpc) is 3.23. The zero-order valence-electron chi connectivity index (χ0n) is 12.8. The van der Waals surface area contributed by atoms with Crippen LogP contribution >= 0.6 is 0 Å². The Morgan fingerprint density at radius 2 is 1.83 bits per heavy atom. The van der Waals surface area contributed by atoms with Gasteiger partial charge in [-0.15, -0.1) is 0 Å². The Bertz CT molecular complexity index is 592. The molecule has 1 spiro atoms. The fourth-order valence-electron chi connectivity index (χ4n) is 3.88. The first kappa shape index (κ1) is 14.5. The molecule has 0 aromatic rings. The van der Waals surface area contributed by atoms with Crippen LogP contribution in [-0.2, 0) is 14.4 Å². The number of piperidine rings is 1. The number of hydrogen-bond acceptors (Lipinski definition) is 4. The fourth-order valence-corrected chi connectivity index (χ4v) is 3.88. The topological polar surface area (TPSA) is 98.8 Å². The molecule has 8 nitrogen and oxygen atoms in total. The maximum absolute atomic E-state index is 12.6. The van der Waals surface area contributed by atoms with Crippen molar-refractivity contribution in [1.29, 1.82) is 0 Å². The highest BCUT2D eigenvalue weighted by molar-refractivity contribution is 6.07. The predicted molar refractivity (Wildman–Crippen MR) is 78.1 cm³/mol. The number of amides is 5. The van der Waals surface area contributed by atoms with Crippen molar-refractivity contribution < 1.29 is 19.2 Å². The minimum absolute atomic E-state index is 0.00100. The summed E-state index contributed by atoms with van der Waals surface area (Å²) in [4.78, 5) is 51.5. The van der Waals surface area contributed by atoms with Gasteiger partial charge in [0, 0.05) is 32.1 Å². The Labute approximate surface area is 133 Å². The molecule has 4 fully saturated rings. The summed E-state index contributed by atoms with van der Waals surface area (Å²) in [5, 5.41) is 4.95. The molecular weight excluding hydrogens is 300 g/mol. The smallest absolute Gasteiger partial charge is 0.322 e. The van der Waals surface area contributed by atoms with Gasteiger partial charge >= 0.3 is 6.03 Å². The molecule has 23 heavy (non-hydrogen) atoms. The minimum Gasteiger partial charge on any atom is -0.342 e. The normalized spacial score (nSPS) is 29.9. The van der Waals surface area contributed by atoms with E-state index in [1.54, 1.807) is 4.90 Å². The number of hydrogen-bond donors (Lipinski definition) is 2. The summed E-state index contributed by atoms with van der Waals surface area (Å²) in [5.41, 5.74) is -0.862. The Balaban J connectivity index is 1.37. The van der Waals surface area contributed by atoms with Gasteiger partial charge in [-0.05, 0) is 25.7 Å². The van der Waals surface area contributed by atoms with Gasteiger partial charge < -0.3 is 15.1 Å². The van der Waals surface area contributed by atoms with Gasteiger partial charge in [0.25, 0.3) is 5.91 Å². The van der Waals surface area contributed by atoms with Gasteiger partial charge in [-0.2, -0.15) is 0 Å². The number of carbonyl (C=O) groups excluding carboxylic acids is 4. The maximum Gasteiger partial charge on any atom is 0.322 e. The highest BCUT2D eigenvalue weighted by Gasteiger charge is 2.49. The molecule has 124 valence electrons. The summed E-state index contributed by atoms with van der Waals surface area (Å²) >= 11 is 0. The predicted octanol–water partition coefficient (Wildman–Crippen LogP) is -0.802. The van der Waals surface area contributed by atoms with Crippen molar-refractivity contribution in [1.82, 2.24) is 20.4 Å². The second-order valence-corrected chi connectivity index (χ2v) is 6.99. The van der Waals surface area contributed by atoms with Crippen LogP contribution in [0.5, 0.6) is 0 Å². The molecule has 1 saturated carbocycles. The molecule has 4 rings (SSSR count). The molecule has 1 atom stereocenters. The molecule has 5 amide bonds. The van der Waals surface area contributed by atoms with Crippen LogP contribution in [0.4, 0.5) is 4.79 Å². The van der Waals surface area contributed by atoms with Gasteiger partial charge in [0.15, 0.2) is 0 Å². The lowest BCUT2D eigenvalue weighted by Gasteiger charge is -2.37. The number of nitrogens with one attached hydrogen (secondary N) is 2. The lowest BCUT2D eigenvalue weighted by Crippen LogP contribution is -2.56. The molecule has 0 aromatic heterocycles. The number of rotatable bonds is 2. The summed E-state index contributed by atoms with van der Waals surface area (Å²) in [5.74, 6) is -0.474. The lowest BCUT2D eigenvalue weighted by atomic mass is 9.87. The summed E-state index contributed by atoms with van der Waals surface area (Å²) in [6.45, 7) is 1.39. The maximum atomic E-state index is 12.6. The highest BCUT2D eigenvalue weighted by atomic mass is 16.2. The average molecular weight is 320 g/mol. The van der Waals surface area contributed by atoms with Gasteiger partial charge in [-0.1, -0.05) is 0 Å². The molecule has 0 bridgehead atoms. The SMILES string of the molecule is O=C1NC(=O)C2(CCN(C(=O)[C@@H]3CC(=O)N(C4CC4)C3)CC2)N1. The third-order valence-corrected chi connectivity index (χ3v) is 5.44. The van der Waals surface area contributed by atoms with E-state index < -0.39 is 11.6 Å². The van der Waals surface area contributed by atoms with Gasteiger partial charge in [0.05, 0.1) is 5.92 Å². The highest BCUT2D eigenvalue weighted by Crippen LogP contribution is 2.34. The summed E-state index contributed by atoms with van der Waals surface area (Å²) in [7, 11) is 0. The third-order valence-electron chi connectivity index (χ3n) is 5.44. The first-order chi connectivity index (χ1) is 11.0.